The summed E-state index contributed by atoms with van der Waals surface area (Å²) in [5.41, 5.74) is 1.59. The molecule has 94 valence electrons. The molecule has 3 rings (SSSR count). The first kappa shape index (κ1) is 11.7. The maximum absolute atomic E-state index is 11.0. The van der Waals surface area contributed by atoms with Gasteiger partial charge in [-0.3, -0.25) is 4.40 Å². The van der Waals surface area contributed by atoms with Gasteiger partial charge in [-0.2, -0.15) is 0 Å². The Morgan fingerprint density at radius 1 is 1.11 bits per heavy atom. The molecule has 0 unspecified atom stereocenters. The fourth-order valence-corrected chi connectivity index (χ4v) is 1.94. The first-order chi connectivity index (χ1) is 9.15. The summed E-state index contributed by atoms with van der Waals surface area (Å²) in [6.07, 6.45) is 1.50. The second-order valence-electron chi connectivity index (χ2n) is 3.98. The quantitative estimate of drug-likeness (QED) is 0.779. The van der Waals surface area contributed by atoms with Crippen molar-refractivity contribution in [2.75, 3.05) is 0 Å². The second kappa shape index (κ2) is 4.37. The van der Waals surface area contributed by atoms with Gasteiger partial charge in [0.15, 0.2) is 11.5 Å². The molecule has 2 heterocycles. The van der Waals surface area contributed by atoms with E-state index in [0.717, 1.165) is 5.56 Å². The van der Waals surface area contributed by atoms with Crippen LogP contribution in [0.15, 0.2) is 42.6 Å². The first-order valence-electron chi connectivity index (χ1n) is 5.49. The van der Waals surface area contributed by atoms with Crippen LogP contribution in [0.2, 0.25) is 5.02 Å². The van der Waals surface area contributed by atoms with Gasteiger partial charge in [0.25, 0.3) is 0 Å². The molecule has 0 amide bonds. The molecule has 19 heavy (non-hydrogen) atoms. The number of aromatic nitrogens is 3. The SMILES string of the molecule is O=C(O)c1ccc2nnc(-c3ccc(Cl)cc3)n2c1. The average molecular weight is 274 g/mol. The fourth-order valence-electron chi connectivity index (χ4n) is 1.81. The van der Waals surface area contributed by atoms with E-state index in [0.29, 0.717) is 16.5 Å². The third-order valence-electron chi connectivity index (χ3n) is 2.75. The maximum atomic E-state index is 11.0. The molecule has 1 aromatic carbocycles. The predicted octanol–water partition coefficient (Wildman–Crippen LogP) is 2.75. The van der Waals surface area contributed by atoms with E-state index >= 15 is 0 Å². The van der Waals surface area contributed by atoms with Crippen molar-refractivity contribution in [3.8, 4) is 11.4 Å². The van der Waals surface area contributed by atoms with Crippen molar-refractivity contribution >= 4 is 23.2 Å². The Balaban J connectivity index is 2.21. The highest BCUT2D eigenvalue weighted by atomic mass is 35.5. The Bertz CT molecular complexity index is 765. The molecule has 0 saturated carbocycles. The summed E-state index contributed by atoms with van der Waals surface area (Å²) in [5.74, 6) is -0.410. The zero-order valence-corrected chi connectivity index (χ0v) is 10.4. The third-order valence-corrected chi connectivity index (χ3v) is 3.00. The van der Waals surface area contributed by atoms with Crippen LogP contribution in [0.3, 0.4) is 0 Å². The van der Waals surface area contributed by atoms with Gasteiger partial charge >= 0.3 is 5.97 Å². The lowest BCUT2D eigenvalue weighted by Gasteiger charge is -2.01. The number of benzene rings is 1. The van der Waals surface area contributed by atoms with Gasteiger partial charge in [-0.15, -0.1) is 10.2 Å². The summed E-state index contributed by atoms with van der Waals surface area (Å²) in [5, 5.41) is 17.7. The van der Waals surface area contributed by atoms with Gasteiger partial charge in [0.1, 0.15) is 0 Å². The van der Waals surface area contributed by atoms with Crippen LogP contribution in [-0.4, -0.2) is 25.7 Å². The standard InChI is InChI=1S/C13H8ClN3O2/c14-10-4-1-8(2-5-10)12-16-15-11-6-3-9(13(18)19)7-17(11)12/h1-7H,(H,18,19). The topological polar surface area (TPSA) is 67.5 Å². The van der Waals surface area contributed by atoms with E-state index in [-0.39, 0.29) is 5.56 Å². The number of nitrogens with zero attached hydrogens (tertiary/aromatic N) is 3. The number of hydrogen-bond acceptors (Lipinski definition) is 3. The second-order valence-corrected chi connectivity index (χ2v) is 4.42. The van der Waals surface area contributed by atoms with E-state index in [2.05, 4.69) is 10.2 Å². The lowest BCUT2D eigenvalue weighted by molar-refractivity contribution is 0.0696. The monoisotopic (exact) mass is 273 g/mol. The van der Waals surface area contributed by atoms with E-state index in [9.17, 15) is 4.79 Å². The lowest BCUT2D eigenvalue weighted by Crippen LogP contribution is -1.99. The Morgan fingerprint density at radius 2 is 1.84 bits per heavy atom. The van der Waals surface area contributed by atoms with Crippen LogP contribution in [0.4, 0.5) is 0 Å². The van der Waals surface area contributed by atoms with Crippen molar-refractivity contribution in [1.82, 2.24) is 14.6 Å². The number of carbonyl (C=O) groups is 1. The van der Waals surface area contributed by atoms with Gasteiger partial charge in [0.05, 0.1) is 5.56 Å². The third kappa shape index (κ3) is 2.04. The summed E-state index contributed by atoms with van der Waals surface area (Å²) in [4.78, 5) is 11.0. The predicted molar refractivity (Wildman–Crippen MR) is 70.4 cm³/mol. The number of fused-ring (bicyclic) bond motifs is 1. The average Bonchev–Trinajstić information content (AvgIpc) is 2.82. The van der Waals surface area contributed by atoms with E-state index in [1.54, 1.807) is 22.6 Å². The molecular weight excluding hydrogens is 266 g/mol. The molecule has 0 bridgehead atoms. The molecule has 3 aromatic rings. The molecule has 2 aromatic heterocycles. The van der Waals surface area contributed by atoms with Gasteiger partial charge in [-0.25, -0.2) is 4.79 Å². The number of carboxylic acids is 1. The van der Waals surface area contributed by atoms with Crippen molar-refractivity contribution in [2.45, 2.75) is 0 Å². The molecule has 0 atom stereocenters. The largest absolute Gasteiger partial charge is 0.478 e. The first-order valence-corrected chi connectivity index (χ1v) is 5.87. The van der Waals surface area contributed by atoms with Crippen LogP contribution in [0, 0.1) is 0 Å². The minimum absolute atomic E-state index is 0.183. The molecule has 0 spiro atoms. The van der Waals surface area contributed by atoms with Crippen molar-refractivity contribution in [3.63, 3.8) is 0 Å². The van der Waals surface area contributed by atoms with Crippen molar-refractivity contribution in [3.05, 3.63) is 53.2 Å². The summed E-state index contributed by atoms with van der Waals surface area (Å²) in [6.45, 7) is 0. The summed E-state index contributed by atoms with van der Waals surface area (Å²) in [7, 11) is 0. The Labute approximate surface area is 113 Å². The Morgan fingerprint density at radius 3 is 2.53 bits per heavy atom. The van der Waals surface area contributed by atoms with Gasteiger partial charge < -0.3 is 5.11 Å². The van der Waals surface area contributed by atoms with Crippen LogP contribution in [0.25, 0.3) is 17.0 Å². The smallest absolute Gasteiger partial charge is 0.337 e. The normalized spacial score (nSPS) is 10.8. The maximum Gasteiger partial charge on any atom is 0.337 e. The molecule has 0 radical (unpaired) electrons. The molecule has 0 aliphatic carbocycles. The minimum atomic E-state index is -0.988. The molecule has 0 saturated heterocycles. The van der Waals surface area contributed by atoms with Crippen LogP contribution < -0.4 is 0 Å². The van der Waals surface area contributed by atoms with Crippen molar-refractivity contribution < 1.29 is 9.90 Å². The summed E-state index contributed by atoms with van der Waals surface area (Å²) < 4.78 is 1.65. The molecule has 0 aliphatic heterocycles. The Kier molecular flexibility index (Phi) is 2.68. The van der Waals surface area contributed by atoms with Crippen molar-refractivity contribution in [2.24, 2.45) is 0 Å². The zero-order valence-electron chi connectivity index (χ0n) is 9.62. The Hall–Kier alpha value is -2.40. The van der Waals surface area contributed by atoms with Crippen LogP contribution in [-0.2, 0) is 0 Å². The van der Waals surface area contributed by atoms with E-state index in [1.165, 1.54) is 12.3 Å². The number of halogens is 1. The molecule has 6 heteroatoms. The molecule has 1 N–H and O–H groups in total. The minimum Gasteiger partial charge on any atom is -0.478 e. The highest BCUT2D eigenvalue weighted by Gasteiger charge is 2.10. The van der Waals surface area contributed by atoms with Gasteiger partial charge in [-0.05, 0) is 36.4 Å². The van der Waals surface area contributed by atoms with Crippen LogP contribution >= 0.6 is 11.6 Å². The number of hydrogen-bond donors (Lipinski definition) is 1. The number of pyridine rings is 1. The summed E-state index contributed by atoms with van der Waals surface area (Å²) >= 11 is 5.84. The van der Waals surface area contributed by atoms with E-state index in [4.69, 9.17) is 16.7 Å². The van der Waals surface area contributed by atoms with Gasteiger partial charge in [-0.1, -0.05) is 11.6 Å². The number of aromatic carboxylic acids is 1. The molecule has 0 aliphatic rings. The molecule has 5 nitrogen and oxygen atoms in total. The molecule has 0 fully saturated rings. The van der Waals surface area contributed by atoms with Crippen LogP contribution in [0.1, 0.15) is 10.4 Å². The summed E-state index contributed by atoms with van der Waals surface area (Å²) in [6, 6.07) is 10.2. The van der Waals surface area contributed by atoms with Crippen LogP contribution in [0.5, 0.6) is 0 Å². The highest BCUT2D eigenvalue weighted by Crippen LogP contribution is 2.21. The van der Waals surface area contributed by atoms with Gasteiger partial charge in [0, 0.05) is 16.8 Å². The number of carboxylic acid groups (broad SMARTS) is 1. The lowest BCUT2D eigenvalue weighted by atomic mass is 10.2. The fraction of sp³-hybridized carbons (Fsp3) is 0. The van der Waals surface area contributed by atoms with Crippen molar-refractivity contribution in [1.29, 1.82) is 0 Å². The van der Waals surface area contributed by atoms with E-state index < -0.39 is 5.97 Å². The number of rotatable bonds is 2. The molecular formula is C13H8ClN3O2. The highest BCUT2D eigenvalue weighted by molar-refractivity contribution is 6.30. The van der Waals surface area contributed by atoms with Gasteiger partial charge in [0.2, 0.25) is 0 Å². The zero-order chi connectivity index (χ0) is 13.4. The van der Waals surface area contributed by atoms with E-state index in [1.807, 2.05) is 12.1 Å².